The Kier molecular flexibility index (Phi) is 3.76. The van der Waals surface area contributed by atoms with Crippen molar-refractivity contribution in [2.75, 3.05) is 5.32 Å². The average molecular weight is 248 g/mol. The third kappa shape index (κ3) is 3.65. The number of primary amides is 1. The van der Waals surface area contributed by atoms with E-state index < -0.39 is 12.1 Å². The second-order valence-electron chi connectivity index (χ2n) is 2.57. The Morgan fingerprint density at radius 2 is 1.93 bits per heavy atom. The molecule has 1 aromatic rings. The lowest BCUT2D eigenvalue weighted by Gasteiger charge is -2.06. The zero-order valence-corrected chi connectivity index (χ0v) is 8.89. The van der Waals surface area contributed by atoms with Crippen molar-refractivity contribution in [1.82, 2.24) is 5.32 Å². The van der Waals surface area contributed by atoms with Gasteiger partial charge in [0.2, 0.25) is 0 Å². The molecule has 0 atom stereocenters. The summed E-state index contributed by atoms with van der Waals surface area (Å²) in [6.07, 6.45) is 0. The summed E-state index contributed by atoms with van der Waals surface area (Å²) in [7, 11) is 0. The van der Waals surface area contributed by atoms with Crippen LogP contribution in [0.3, 0.4) is 0 Å². The van der Waals surface area contributed by atoms with Crippen molar-refractivity contribution in [3.05, 3.63) is 28.2 Å². The number of nitrogens with one attached hydrogen (secondary N) is 2. The molecule has 1 aromatic carbocycles. The van der Waals surface area contributed by atoms with E-state index in [4.69, 9.17) is 28.9 Å². The fraction of sp³-hybridized carbons (Fsp3) is 0. The van der Waals surface area contributed by atoms with Gasteiger partial charge in [-0.15, -0.1) is 0 Å². The summed E-state index contributed by atoms with van der Waals surface area (Å²) in [5.41, 5.74) is 5.04. The molecule has 0 spiro atoms. The molecule has 0 fully saturated rings. The molecule has 15 heavy (non-hydrogen) atoms. The number of anilines is 1. The van der Waals surface area contributed by atoms with E-state index in [1.165, 1.54) is 12.1 Å². The molecule has 0 aromatic heterocycles. The van der Waals surface area contributed by atoms with Crippen molar-refractivity contribution >= 4 is 41.0 Å². The van der Waals surface area contributed by atoms with Crippen molar-refractivity contribution < 1.29 is 9.59 Å². The Labute approximate surface area is 95.5 Å². The first kappa shape index (κ1) is 11.6. The second-order valence-corrected chi connectivity index (χ2v) is 3.41. The molecule has 5 nitrogen and oxygen atoms in total. The predicted molar refractivity (Wildman–Crippen MR) is 58.2 cm³/mol. The minimum atomic E-state index is -0.953. The zero-order valence-electron chi connectivity index (χ0n) is 7.38. The molecule has 0 aliphatic rings. The summed E-state index contributed by atoms with van der Waals surface area (Å²) in [5, 5.41) is 4.86. The molecule has 0 radical (unpaired) electrons. The molecule has 80 valence electrons. The summed E-state index contributed by atoms with van der Waals surface area (Å²) in [5.74, 6) is 0. The van der Waals surface area contributed by atoms with Crippen molar-refractivity contribution in [3.63, 3.8) is 0 Å². The van der Waals surface area contributed by atoms with Crippen LogP contribution in [0.15, 0.2) is 18.2 Å². The van der Waals surface area contributed by atoms with Crippen molar-refractivity contribution in [2.24, 2.45) is 5.73 Å². The van der Waals surface area contributed by atoms with Crippen LogP contribution in [0.4, 0.5) is 15.3 Å². The van der Waals surface area contributed by atoms with E-state index in [0.29, 0.717) is 15.7 Å². The highest BCUT2D eigenvalue weighted by atomic mass is 35.5. The van der Waals surface area contributed by atoms with E-state index in [1.807, 2.05) is 5.32 Å². The van der Waals surface area contributed by atoms with Gasteiger partial charge in [0.05, 0.1) is 10.7 Å². The summed E-state index contributed by atoms with van der Waals surface area (Å²) in [6, 6.07) is 2.81. The number of carbonyl (C=O) groups excluding carboxylic acids is 2. The van der Waals surface area contributed by atoms with E-state index in [0.717, 1.165) is 0 Å². The topological polar surface area (TPSA) is 84.2 Å². The highest BCUT2D eigenvalue weighted by Gasteiger charge is 2.07. The molecule has 0 saturated carbocycles. The Balaban J connectivity index is 2.76. The van der Waals surface area contributed by atoms with Crippen LogP contribution in [0.1, 0.15) is 0 Å². The largest absolute Gasteiger partial charge is 0.351 e. The molecule has 0 unspecified atom stereocenters. The Morgan fingerprint density at radius 1 is 1.27 bits per heavy atom. The first-order chi connectivity index (χ1) is 6.99. The predicted octanol–water partition coefficient (Wildman–Crippen LogP) is 2.19. The SMILES string of the molecule is NC(=O)NC(=O)Nc1cc(Cl)ccc1Cl. The molecule has 0 saturated heterocycles. The third-order valence-corrected chi connectivity index (χ3v) is 1.98. The van der Waals surface area contributed by atoms with E-state index >= 15 is 0 Å². The third-order valence-electron chi connectivity index (χ3n) is 1.41. The first-order valence-electron chi connectivity index (χ1n) is 3.81. The molecule has 0 aliphatic heterocycles. The maximum absolute atomic E-state index is 11.1. The fourth-order valence-electron chi connectivity index (χ4n) is 0.859. The lowest BCUT2D eigenvalue weighted by atomic mass is 10.3. The van der Waals surface area contributed by atoms with Gasteiger partial charge in [-0.3, -0.25) is 5.32 Å². The van der Waals surface area contributed by atoms with Crippen molar-refractivity contribution in [3.8, 4) is 0 Å². The van der Waals surface area contributed by atoms with Gasteiger partial charge in [-0.1, -0.05) is 23.2 Å². The van der Waals surface area contributed by atoms with Crippen LogP contribution in [0.5, 0.6) is 0 Å². The molecule has 4 N–H and O–H groups in total. The van der Waals surface area contributed by atoms with Crippen LogP contribution in [-0.4, -0.2) is 12.1 Å². The number of urea groups is 2. The van der Waals surface area contributed by atoms with Crippen LogP contribution >= 0.6 is 23.2 Å². The normalized spacial score (nSPS) is 9.47. The monoisotopic (exact) mass is 247 g/mol. The minimum absolute atomic E-state index is 0.294. The van der Waals surface area contributed by atoms with E-state index in [-0.39, 0.29) is 0 Å². The minimum Gasteiger partial charge on any atom is -0.351 e. The summed E-state index contributed by atoms with van der Waals surface area (Å²) in [6.45, 7) is 0. The number of nitrogens with two attached hydrogens (primary N) is 1. The molecule has 0 aliphatic carbocycles. The maximum atomic E-state index is 11.1. The van der Waals surface area contributed by atoms with Crippen LogP contribution in [0, 0.1) is 0 Å². The molecule has 7 heteroatoms. The first-order valence-corrected chi connectivity index (χ1v) is 4.57. The number of amides is 4. The molecular weight excluding hydrogens is 241 g/mol. The smallest absolute Gasteiger partial charge is 0.327 e. The number of rotatable bonds is 1. The van der Waals surface area contributed by atoms with E-state index in [2.05, 4.69) is 5.32 Å². The Morgan fingerprint density at radius 3 is 2.53 bits per heavy atom. The standard InChI is InChI=1S/C8H7Cl2N3O2/c9-4-1-2-5(10)6(3-4)12-8(15)13-7(11)14/h1-3H,(H4,11,12,13,14,15). The number of carbonyl (C=O) groups is 2. The molecular formula is C8H7Cl2N3O2. The van der Waals surface area contributed by atoms with Gasteiger partial charge in [-0.2, -0.15) is 0 Å². The molecule has 0 heterocycles. The van der Waals surface area contributed by atoms with Gasteiger partial charge in [0.15, 0.2) is 0 Å². The number of hydrogen-bond acceptors (Lipinski definition) is 2. The Bertz CT molecular complexity index is 409. The summed E-state index contributed by atoms with van der Waals surface area (Å²) in [4.78, 5) is 21.4. The Hall–Kier alpha value is -1.46. The van der Waals surface area contributed by atoms with Crippen LogP contribution < -0.4 is 16.4 Å². The lowest BCUT2D eigenvalue weighted by molar-refractivity contribution is 0.238. The fourth-order valence-corrected chi connectivity index (χ4v) is 1.20. The van der Waals surface area contributed by atoms with Gasteiger partial charge in [0, 0.05) is 5.02 Å². The van der Waals surface area contributed by atoms with Gasteiger partial charge in [-0.25, -0.2) is 9.59 Å². The van der Waals surface area contributed by atoms with E-state index in [9.17, 15) is 9.59 Å². The van der Waals surface area contributed by atoms with Crippen LogP contribution in [-0.2, 0) is 0 Å². The summed E-state index contributed by atoms with van der Waals surface area (Å²) < 4.78 is 0. The molecule has 1 rings (SSSR count). The number of imide groups is 1. The van der Waals surface area contributed by atoms with Gasteiger partial charge in [0.25, 0.3) is 0 Å². The summed E-state index contributed by atoms with van der Waals surface area (Å²) >= 11 is 11.4. The lowest BCUT2D eigenvalue weighted by Crippen LogP contribution is -2.38. The number of hydrogen-bond donors (Lipinski definition) is 3. The zero-order chi connectivity index (χ0) is 11.4. The maximum Gasteiger partial charge on any atom is 0.327 e. The second kappa shape index (κ2) is 4.86. The highest BCUT2D eigenvalue weighted by Crippen LogP contribution is 2.25. The van der Waals surface area contributed by atoms with Crippen molar-refractivity contribution in [2.45, 2.75) is 0 Å². The van der Waals surface area contributed by atoms with Gasteiger partial charge < -0.3 is 11.1 Å². The van der Waals surface area contributed by atoms with Gasteiger partial charge >= 0.3 is 12.1 Å². The average Bonchev–Trinajstić information content (AvgIpc) is 2.10. The van der Waals surface area contributed by atoms with Crippen LogP contribution in [0.2, 0.25) is 10.0 Å². The van der Waals surface area contributed by atoms with Gasteiger partial charge in [-0.05, 0) is 18.2 Å². The molecule has 4 amide bonds. The highest BCUT2D eigenvalue weighted by molar-refractivity contribution is 6.35. The number of benzene rings is 1. The van der Waals surface area contributed by atoms with Crippen molar-refractivity contribution in [1.29, 1.82) is 0 Å². The van der Waals surface area contributed by atoms with E-state index in [1.54, 1.807) is 6.07 Å². The number of halogens is 2. The van der Waals surface area contributed by atoms with Gasteiger partial charge in [0.1, 0.15) is 0 Å². The van der Waals surface area contributed by atoms with Crippen LogP contribution in [0.25, 0.3) is 0 Å². The molecule has 0 bridgehead atoms. The quantitative estimate of drug-likeness (QED) is 0.711.